The molecule has 2 aliphatic heterocycles. The molecule has 1 aromatic carbocycles. The Morgan fingerprint density at radius 2 is 2.00 bits per heavy atom. The fourth-order valence-corrected chi connectivity index (χ4v) is 4.43. The number of aromatic hydroxyl groups is 1. The summed E-state index contributed by atoms with van der Waals surface area (Å²) in [6, 6.07) is 3.13. The van der Waals surface area contributed by atoms with E-state index < -0.39 is 28.7 Å². The number of hydrogen-bond donors (Lipinski definition) is 1. The lowest BCUT2D eigenvalue weighted by Crippen LogP contribution is -2.46. The van der Waals surface area contributed by atoms with E-state index in [0.717, 1.165) is 12.1 Å². The lowest BCUT2D eigenvalue weighted by molar-refractivity contribution is 0.0685. The molecule has 0 fully saturated rings. The molecule has 0 bridgehead atoms. The van der Waals surface area contributed by atoms with Crippen LogP contribution in [0.2, 0.25) is 0 Å². The van der Waals surface area contributed by atoms with E-state index in [1.54, 1.807) is 22.6 Å². The summed E-state index contributed by atoms with van der Waals surface area (Å²) in [5.41, 5.74) is 1.07. The molecule has 8 nitrogen and oxygen atoms in total. The number of carbonyl (C=O) groups is 1. The lowest BCUT2D eigenvalue weighted by atomic mass is 10.0. The third-order valence-electron chi connectivity index (χ3n) is 6.23. The number of carbonyl (C=O) groups excluding carboxylic acids is 1. The van der Waals surface area contributed by atoms with Crippen LogP contribution in [0.1, 0.15) is 42.5 Å². The number of hydrogen-bond acceptors (Lipinski definition) is 5. The zero-order valence-corrected chi connectivity index (χ0v) is 18.8. The average Bonchev–Trinajstić information content (AvgIpc) is 3.24. The molecule has 176 valence electrons. The first-order valence-electron chi connectivity index (χ1n) is 10.8. The van der Waals surface area contributed by atoms with E-state index in [9.17, 15) is 23.5 Å². The van der Waals surface area contributed by atoms with E-state index in [2.05, 4.69) is 5.10 Å². The van der Waals surface area contributed by atoms with Crippen molar-refractivity contribution in [3.05, 3.63) is 75.2 Å². The van der Waals surface area contributed by atoms with E-state index in [1.165, 1.54) is 16.9 Å². The zero-order valence-electron chi connectivity index (χ0n) is 18.8. The van der Waals surface area contributed by atoms with Crippen LogP contribution in [0.3, 0.4) is 0 Å². The minimum atomic E-state index is -0.713. The van der Waals surface area contributed by atoms with Gasteiger partial charge in [0.1, 0.15) is 24.0 Å². The highest BCUT2D eigenvalue weighted by Gasteiger charge is 2.39. The Labute approximate surface area is 193 Å². The Morgan fingerprint density at radius 1 is 1.24 bits per heavy atom. The van der Waals surface area contributed by atoms with Gasteiger partial charge in [0, 0.05) is 29.4 Å². The number of allylic oxidation sites excluding steroid dienone is 1. The summed E-state index contributed by atoms with van der Waals surface area (Å²) in [5, 5.41) is 15.1. The molecular formula is C24H22F2N4O4. The van der Waals surface area contributed by atoms with Crippen LogP contribution in [0.5, 0.6) is 5.75 Å². The normalized spacial score (nSPS) is 15.1. The largest absolute Gasteiger partial charge is 0.503 e. The van der Waals surface area contributed by atoms with Gasteiger partial charge in [-0.3, -0.25) is 14.3 Å². The maximum atomic E-state index is 14.1. The van der Waals surface area contributed by atoms with Gasteiger partial charge in [0.2, 0.25) is 5.43 Å². The number of rotatable bonds is 4. The Bertz CT molecular complexity index is 1440. The number of benzene rings is 1. The van der Waals surface area contributed by atoms with Crippen molar-refractivity contribution >= 4 is 11.6 Å². The SMILES string of the molecule is CC1=C2CN(C(C)C)C(=O)c3c(O)c(=O)c(-c4cnn(Cc5ccc(F)cc5F)c4)c(n32)CO1. The molecule has 0 spiro atoms. The molecule has 3 aromatic rings. The van der Waals surface area contributed by atoms with Gasteiger partial charge in [-0.2, -0.15) is 5.10 Å². The van der Waals surface area contributed by atoms with Gasteiger partial charge in [0.15, 0.2) is 11.4 Å². The second kappa shape index (κ2) is 7.82. The van der Waals surface area contributed by atoms with Crippen molar-refractivity contribution in [3.63, 3.8) is 0 Å². The Morgan fingerprint density at radius 3 is 2.71 bits per heavy atom. The highest BCUT2D eigenvalue weighted by Crippen LogP contribution is 2.37. The van der Waals surface area contributed by atoms with Crippen LogP contribution in [0.25, 0.3) is 16.8 Å². The summed E-state index contributed by atoms with van der Waals surface area (Å²) in [5.74, 6) is -1.85. The minimum absolute atomic E-state index is 0.0162. The highest BCUT2D eigenvalue weighted by molar-refractivity contribution is 6.00. The molecule has 1 amide bonds. The van der Waals surface area contributed by atoms with Gasteiger partial charge in [-0.15, -0.1) is 0 Å². The standard InChI is InChI=1S/C24H22F2N4O4/c1-12(2)29-10-18-13(3)34-11-19-20(22(31)23(32)21(24(29)33)30(18)19)15-7-27-28(9-15)8-14-4-5-16(25)6-17(14)26/h4-7,9,12,32H,8,10-11H2,1-3H3. The van der Waals surface area contributed by atoms with Gasteiger partial charge < -0.3 is 19.3 Å². The zero-order chi connectivity index (χ0) is 24.3. The van der Waals surface area contributed by atoms with Crippen molar-refractivity contribution in [3.8, 4) is 16.9 Å². The predicted molar refractivity (Wildman–Crippen MR) is 119 cm³/mol. The fourth-order valence-electron chi connectivity index (χ4n) is 4.43. The smallest absolute Gasteiger partial charge is 0.275 e. The first-order valence-corrected chi connectivity index (χ1v) is 10.8. The van der Waals surface area contributed by atoms with Gasteiger partial charge in [0.25, 0.3) is 5.91 Å². The molecule has 0 radical (unpaired) electrons. The van der Waals surface area contributed by atoms with Crippen molar-refractivity contribution in [1.29, 1.82) is 0 Å². The molecule has 0 atom stereocenters. The van der Waals surface area contributed by atoms with Gasteiger partial charge in [-0.1, -0.05) is 6.07 Å². The Hall–Kier alpha value is -3.95. The summed E-state index contributed by atoms with van der Waals surface area (Å²) < 4.78 is 36.1. The number of nitrogens with zero attached hydrogens (tertiary/aromatic N) is 4. The van der Waals surface area contributed by atoms with Crippen molar-refractivity contribution < 1.29 is 23.4 Å². The number of amides is 1. The molecule has 4 heterocycles. The van der Waals surface area contributed by atoms with Crippen LogP contribution in [0.4, 0.5) is 8.78 Å². The Kier molecular flexibility index (Phi) is 5.03. The second-order valence-corrected chi connectivity index (χ2v) is 8.66. The fraction of sp³-hybridized carbons (Fsp3) is 0.292. The molecule has 5 rings (SSSR count). The molecule has 34 heavy (non-hydrogen) atoms. The minimum Gasteiger partial charge on any atom is -0.503 e. The van der Waals surface area contributed by atoms with E-state index in [1.807, 2.05) is 13.8 Å². The highest BCUT2D eigenvalue weighted by atomic mass is 19.1. The van der Waals surface area contributed by atoms with Gasteiger partial charge in [0.05, 0.1) is 36.2 Å². The van der Waals surface area contributed by atoms with Crippen LogP contribution in [-0.2, 0) is 17.9 Å². The van der Waals surface area contributed by atoms with E-state index in [-0.39, 0.29) is 42.6 Å². The number of halogens is 2. The molecule has 2 aromatic heterocycles. The van der Waals surface area contributed by atoms with Crippen molar-refractivity contribution in [2.45, 2.75) is 40.0 Å². The van der Waals surface area contributed by atoms with Crippen molar-refractivity contribution in [2.75, 3.05) is 6.54 Å². The summed E-state index contributed by atoms with van der Waals surface area (Å²) in [7, 11) is 0. The average molecular weight is 468 g/mol. The maximum Gasteiger partial charge on any atom is 0.275 e. The van der Waals surface area contributed by atoms with E-state index in [4.69, 9.17) is 4.74 Å². The van der Waals surface area contributed by atoms with Crippen LogP contribution in [-0.4, -0.2) is 42.8 Å². The first kappa shape index (κ1) is 21.9. The van der Waals surface area contributed by atoms with Crippen LogP contribution >= 0.6 is 0 Å². The Balaban J connectivity index is 1.64. The monoisotopic (exact) mass is 468 g/mol. The molecule has 0 saturated heterocycles. The van der Waals surface area contributed by atoms with Crippen LogP contribution in [0.15, 0.2) is 41.1 Å². The van der Waals surface area contributed by atoms with E-state index >= 15 is 0 Å². The quantitative estimate of drug-likeness (QED) is 0.635. The molecule has 0 unspecified atom stereocenters. The van der Waals surface area contributed by atoms with Crippen LogP contribution in [0, 0.1) is 11.6 Å². The predicted octanol–water partition coefficient (Wildman–Crippen LogP) is 3.33. The van der Waals surface area contributed by atoms with E-state index in [0.29, 0.717) is 22.7 Å². The van der Waals surface area contributed by atoms with Crippen molar-refractivity contribution in [1.82, 2.24) is 19.2 Å². The third kappa shape index (κ3) is 3.28. The summed E-state index contributed by atoms with van der Waals surface area (Å²) in [6.07, 6.45) is 2.97. The molecule has 1 N–H and O–H groups in total. The molecular weight excluding hydrogens is 446 g/mol. The second-order valence-electron chi connectivity index (χ2n) is 8.66. The number of pyridine rings is 1. The molecule has 0 saturated carbocycles. The topological polar surface area (TPSA) is 89.6 Å². The van der Waals surface area contributed by atoms with Gasteiger partial charge in [-0.05, 0) is 26.8 Å². The molecule has 10 heteroatoms. The number of aromatic nitrogens is 3. The lowest BCUT2D eigenvalue weighted by Gasteiger charge is -2.39. The van der Waals surface area contributed by atoms with Crippen molar-refractivity contribution in [2.24, 2.45) is 0 Å². The molecule has 2 aliphatic rings. The van der Waals surface area contributed by atoms with Gasteiger partial charge >= 0.3 is 0 Å². The number of ether oxygens (including phenoxy) is 1. The van der Waals surface area contributed by atoms with Crippen LogP contribution < -0.4 is 5.43 Å². The first-order chi connectivity index (χ1) is 16.2. The summed E-state index contributed by atoms with van der Waals surface area (Å²) in [6.45, 7) is 5.81. The van der Waals surface area contributed by atoms with Gasteiger partial charge in [-0.25, -0.2) is 8.78 Å². The third-order valence-corrected chi connectivity index (χ3v) is 6.23. The summed E-state index contributed by atoms with van der Waals surface area (Å²) >= 11 is 0. The summed E-state index contributed by atoms with van der Waals surface area (Å²) in [4.78, 5) is 28.0. The maximum absolute atomic E-state index is 14.1. The molecule has 0 aliphatic carbocycles.